The van der Waals surface area contributed by atoms with Gasteiger partial charge in [0, 0.05) is 25.7 Å². The van der Waals surface area contributed by atoms with Gasteiger partial charge in [-0.05, 0) is 51.4 Å². The molecule has 0 radical (unpaired) electrons. The van der Waals surface area contributed by atoms with E-state index in [1.807, 2.05) is 27.7 Å². The predicted molar refractivity (Wildman–Crippen MR) is 103 cm³/mol. The van der Waals surface area contributed by atoms with Crippen LogP contribution in [0.1, 0.15) is 85.5 Å². The van der Waals surface area contributed by atoms with Crippen molar-refractivity contribution in [3.05, 3.63) is 0 Å². The summed E-state index contributed by atoms with van der Waals surface area (Å²) in [6, 6.07) is 0. The van der Waals surface area contributed by atoms with E-state index in [2.05, 4.69) is 0 Å². The van der Waals surface area contributed by atoms with E-state index in [0.29, 0.717) is 58.0 Å². The molecule has 0 aliphatic heterocycles. The maximum absolute atomic E-state index is 11.9. The lowest BCUT2D eigenvalue weighted by Gasteiger charge is -2.22. The van der Waals surface area contributed by atoms with Crippen LogP contribution in [0.5, 0.6) is 0 Å². The molecule has 6 heteroatoms. The standard InChI is InChI=1S/C21H36O6/c1-20(2,15-27-16-22)13-7-11-17(23)9-6-10-18(24)12-8-14-21(3,4)19(25)26-5/h16H,6-15H2,1-5H3. The van der Waals surface area contributed by atoms with Gasteiger partial charge in [0.1, 0.15) is 11.6 Å². The van der Waals surface area contributed by atoms with Crippen molar-refractivity contribution in [2.75, 3.05) is 13.7 Å². The van der Waals surface area contributed by atoms with E-state index in [9.17, 15) is 19.2 Å². The summed E-state index contributed by atoms with van der Waals surface area (Å²) in [7, 11) is 1.37. The van der Waals surface area contributed by atoms with Crippen LogP contribution in [0, 0.1) is 10.8 Å². The molecule has 0 rings (SSSR count). The second-order valence-corrected chi connectivity index (χ2v) is 8.58. The maximum Gasteiger partial charge on any atom is 0.311 e. The van der Waals surface area contributed by atoms with Gasteiger partial charge in [0.25, 0.3) is 6.47 Å². The normalized spacial score (nSPS) is 11.7. The van der Waals surface area contributed by atoms with E-state index in [4.69, 9.17) is 9.47 Å². The van der Waals surface area contributed by atoms with Gasteiger partial charge in [-0.2, -0.15) is 0 Å². The molecule has 6 nitrogen and oxygen atoms in total. The number of carbonyl (C=O) groups excluding carboxylic acids is 4. The molecule has 0 aromatic heterocycles. The third kappa shape index (κ3) is 12.3. The van der Waals surface area contributed by atoms with Crippen molar-refractivity contribution in [1.29, 1.82) is 0 Å². The summed E-state index contributed by atoms with van der Waals surface area (Å²) in [5.41, 5.74) is -0.704. The van der Waals surface area contributed by atoms with Crippen molar-refractivity contribution in [2.24, 2.45) is 10.8 Å². The SMILES string of the molecule is COC(=O)C(C)(C)CCCC(=O)CCCC(=O)CCCC(C)(C)COC=O. The fraction of sp³-hybridized carbons (Fsp3) is 0.810. The zero-order valence-corrected chi connectivity index (χ0v) is 17.6. The van der Waals surface area contributed by atoms with Crippen LogP contribution < -0.4 is 0 Å². The van der Waals surface area contributed by atoms with Crippen molar-refractivity contribution < 1.29 is 28.7 Å². The minimum atomic E-state index is -0.574. The molecule has 0 N–H and O–H groups in total. The Balaban J connectivity index is 3.87. The Morgan fingerprint density at radius 2 is 1.30 bits per heavy atom. The number of ether oxygens (including phenoxy) is 2. The van der Waals surface area contributed by atoms with Crippen molar-refractivity contribution in [2.45, 2.75) is 85.5 Å². The molecule has 0 aliphatic rings. The highest BCUT2D eigenvalue weighted by molar-refractivity contribution is 5.81. The van der Waals surface area contributed by atoms with Crippen molar-refractivity contribution in [3.8, 4) is 0 Å². The number of hydrogen-bond acceptors (Lipinski definition) is 6. The van der Waals surface area contributed by atoms with Gasteiger partial charge < -0.3 is 9.47 Å². The third-order valence-corrected chi connectivity index (χ3v) is 4.76. The number of rotatable bonds is 16. The lowest BCUT2D eigenvalue weighted by molar-refractivity contribution is -0.151. The molecule has 156 valence electrons. The van der Waals surface area contributed by atoms with Gasteiger partial charge in [-0.1, -0.05) is 13.8 Å². The first-order valence-electron chi connectivity index (χ1n) is 9.71. The largest absolute Gasteiger partial charge is 0.469 e. The molecule has 0 saturated carbocycles. The highest BCUT2D eigenvalue weighted by Gasteiger charge is 2.28. The molecule has 0 fully saturated rings. The monoisotopic (exact) mass is 384 g/mol. The zero-order chi connectivity index (χ0) is 20.9. The summed E-state index contributed by atoms with van der Waals surface area (Å²) >= 11 is 0. The van der Waals surface area contributed by atoms with Gasteiger partial charge in [0.2, 0.25) is 0 Å². The maximum atomic E-state index is 11.9. The van der Waals surface area contributed by atoms with Crippen molar-refractivity contribution in [1.82, 2.24) is 0 Å². The molecule has 0 saturated heterocycles. The van der Waals surface area contributed by atoms with Crippen LogP contribution in [0.3, 0.4) is 0 Å². The van der Waals surface area contributed by atoms with Crippen LogP contribution in [0.25, 0.3) is 0 Å². The van der Waals surface area contributed by atoms with Gasteiger partial charge in [0.15, 0.2) is 0 Å². The predicted octanol–water partition coefficient (Wildman–Crippen LogP) is 4.03. The second-order valence-electron chi connectivity index (χ2n) is 8.58. The van der Waals surface area contributed by atoms with Crippen molar-refractivity contribution >= 4 is 24.0 Å². The van der Waals surface area contributed by atoms with E-state index < -0.39 is 5.41 Å². The summed E-state index contributed by atoms with van der Waals surface area (Å²) in [6.07, 6.45) is 5.14. The van der Waals surface area contributed by atoms with E-state index in [0.717, 1.165) is 12.8 Å². The fourth-order valence-corrected chi connectivity index (χ4v) is 2.93. The Morgan fingerprint density at radius 3 is 1.78 bits per heavy atom. The number of hydrogen-bond donors (Lipinski definition) is 0. The molecule has 0 bridgehead atoms. The highest BCUT2D eigenvalue weighted by atomic mass is 16.5. The van der Waals surface area contributed by atoms with E-state index >= 15 is 0 Å². The molecule has 0 atom stereocenters. The van der Waals surface area contributed by atoms with E-state index in [-0.39, 0.29) is 23.0 Å². The van der Waals surface area contributed by atoms with Crippen LogP contribution in [-0.4, -0.2) is 37.7 Å². The fourth-order valence-electron chi connectivity index (χ4n) is 2.93. The Labute approximate surface area is 163 Å². The Kier molecular flexibility index (Phi) is 11.8. The zero-order valence-electron chi connectivity index (χ0n) is 17.6. The van der Waals surface area contributed by atoms with Crippen LogP contribution in [0.15, 0.2) is 0 Å². The van der Waals surface area contributed by atoms with E-state index in [1.54, 1.807) is 0 Å². The number of ketones is 2. The third-order valence-electron chi connectivity index (χ3n) is 4.76. The van der Waals surface area contributed by atoms with Crippen LogP contribution in [0.4, 0.5) is 0 Å². The minimum absolute atomic E-state index is 0.130. The second kappa shape index (κ2) is 12.6. The molecule has 0 heterocycles. The van der Waals surface area contributed by atoms with Crippen LogP contribution >= 0.6 is 0 Å². The smallest absolute Gasteiger partial charge is 0.311 e. The molecule has 0 amide bonds. The van der Waals surface area contributed by atoms with Gasteiger partial charge in [-0.3, -0.25) is 19.2 Å². The molecular formula is C21H36O6. The first-order chi connectivity index (χ1) is 12.5. The lowest BCUT2D eigenvalue weighted by Crippen LogP contribution is -2.25. The number of Topliss-reactive ketones (excluding diaryl/α,β-unsaturated/α-hetero) is 2. The van der Waals surface area contributed by atoms with Gasteiger partial charge in [-0.15, -0.1) is 0 Å². The molecule has 0 unspecified atom stereocenters. The first-order valence-corrected chi connectivity index (χ1v) is 9.71. The average Bonchev–Trinajstić information content (AvgIpc) is 2.58. The Bertz CT molecular complexity index is 493. The average molecular weight is 385 g/mol. The summed E-state index contributed by atoms with van der Waals surface area (Å²) in [4.78, 5) is 45.7. The number of esters is 1. The number of methoxy groups -OCH3 is 1. The topological polar surface area (TPSA) is 86.7 Å². The number of carbonyl (C=O) groups is 4. The van der Waals surface area contributed by atoms with Crippen molar-refractivity contribution in [3.63, 3.8) is 0 Å². The molecule has 0 spiro atoms. The minimum Gasteiger partial charge on any atom is -0.469 e. The van der Waals surface area contributed by atoms with Gasteiger partial charge >= 0.3 is 5.97 Å². The highest BCUT2D eigenvalue weighted by Crippen LogP contribution is 2.25. The molecular weight excluding hydrogens is 348 g/mol. The lowest BCUT2D eigenvalue weighted by atomic mass is 9.86. The quantitative estimate of drug-likeness (QED) is 0.295. The van der Waals surface area contributed by atoms with Gasteiger partial charge in [-0.25, -0.2) is 0 Å². The Morgan fingerprint density at radius 1 is 0.815 bits per heavy atom. The molecule has 0 aliphatic carbocycles. The van der Waals surface area contributed by atoms with Crippen LogP contribution in [-0.2, 0) is 28.7 Å². The Hall–Kier alpha value is -1.72. The molecule has 0 aromatic carbocycles. The van der Waals surface area contributed by atoms with Gasteiger partial charge in [0.05, 0.1) is 19.1 Å². The summed E-state index contributed by atoms with van der Waals surface area (Å²) in [6.45, 7) is 8.43. The molecule has 27 heavy (non-hydrogen) atoms. The summed E-state index contributed by atoms with van der Waals surface area (Å²) in [5.74, 6) is 0.0405. The molecule has 0 aromatic rings. The van der Waals surface area contributed by atoms with E-state index in [1.165, 1.54) is 7.11 Å². The van der Waals surface area contributed by atoms with Crippen LogP contribution in [0.2, 0.25) is 0 Å². The summed E-state index contributed by atoms with van der Waals surface area (Å²) in [5, 5.41) is 0. The summed E-state index contributed by atoms with van der Waals surface area (Å²) < 4.78 is 9.54. The first kappa shape index (κ1) is 25.3.